The van der Waals surface area contributed by atoms with Gasteiger partial charge in [0.05, 0.1) is 11.7 Å². The molecule has 15 heavy (non-hydrogen) atoms. The van der Waals surface area contributed by atoms with Crippen molar-refractivity contribution in [2.75, 3.05) is 0 Å². The predicted octanol–water partition coefficient (Wildman–Crippen LogP) is 2.75. The lowest BCUT2D eigenvalue weighted by molar-refractivity contribution is 0.895. The van der Waals surface area contributed by atoms with E-state index in [0.717, 1.165) is 10.9 Å². The lowest BCUT2D eigenvalue weighted by atomic mass is 10.1. The van der Waals surface area contributed by atoms with E-state index >= 15 is 0 Å². The normalized spacial score (nSPS) is 10.7. The number of thiophene rings is 1. The monoisotopic (exact) mass is 213 g/mol. The first-order valence-electron chi connectivity index (χ1n) is 4.55. The largest absolute Gasteiger partial charge is 0.144 e. The molecular weight excluding hydrogens is 206 g/mol. The summed E-state index contributed by atoms with van der Waals surface area (Å²) in [6, 6.07) is 10.3. The number of rotatable bonds is 1. The van der Waals surface area contributed by atoms with Gasteiger partial charge in [0, 0.05) is 10.3 Å². The zero-order valence-electron chi connectivity index (χ0n) is 7.79. The van der Waals surface area contributed by atoms with Gasteiger partial charge in [-0.1, -0.05) is 18.2 Å². The molecule has 0 fully saturated rings. The van der Waals surface area contributed by atoms with Crippen LogP contribution in [0, 0.1) is 0 Å². The zero-order valence-corrected chi connectivity index (χ0v) is 8.61. The van der Waals surface area contributed by atoms with Crippen LogP contribution in [0.15, 0.2) is 41.9 Å². The molecule has 0 aliphatic carbocycles. The van der Waals surface area contributed by atoms with Gasteiger partial charge in [0.25, 0.3) is 0 Å². The maximum atomic E-state index is 4.00. The van der Waals surface area contributed by atoms with E-state index < -0.39 is 0 Å². The minimum Gasteiger partial charge on any atom is -0.144 e. The van der Waals surface area contributed by atoms with Gasteiger partial charge in [0.1, 0.15) is 0 Å². The highest BCUT2D eigenvalue weighted by Crippen LogP contribution is 2.26. The van der Waals surface area contributed by atoms with Gasteiger partial charge < -0.3 is 0 Å². The van der Waals surface area contributed by atoms with Crippen LogP contribution in [0.2, 0.25) is 0 Å². The van der Waals surface area contributed by atoms with Gasteiger partial charge in [0.15, 0.2) is 0 Å². The van der Waals surface area contributed by atoms with E-state index in [1.54, 1.807) is 17.5 Å². The third kappa shape index (κ3) is 1.49. The number of hydrogen-bond acceptors (Lipinski definition) is 4. The second kappa shape index (κ2) is 3.40. The van der Waals surface area contributed by atoms with Crippen LogP contribution in [0.3, 0.4) is 0 Å². The zero-order chi connectivity index (χ0) is 10.1. The molecule has 72 valence electrons. The van der Waals surface area contributed by atoms with Crippen LogP contribution >= 0.6 is 11.3 Å². The van der Waals surface area contributed by atoms with Crippen molar-refractivity contribution in [2.24, 2.45) is 0 Å². The number of benzene rings is 1. The summed E-state index contributed by atoms with van der Waals surface area (Å²) in [6.45, 7) is 0. The van der Waals surface area contributed by atoms with E-state index in [1.165, 1.54) is 10.4 Å². The first-order valence-corrected chi connectivity index (χ1v) is 5.43. The Labute approximate surface area is 90.4 Å². The van der Waals surface area contributed by atoms with E-state index in [9.17, 15) is 0 Å². The Morgan fingerprint density at radius 2 is 2.13 bits per heavy atom. The summed E-state index contributed by atoms with van der Waals surface area (Å²) in [5.41, 5.74) is 2.06. The molecule has 2 heterocycles. The molecule has 2 aromatic heterocycles. The maximum absolute atomic E-state index is 4.00. The molecule has 0 atom stereocenters. The number of aromatic nitrogens is 3. The van der Waals surface area contributed by atoms with Crippen LogP contribution in [0.4, 0.5) is 0 Å². The number of nitrogens with zero attached hydrogens (tertiary/aromatic N) is 3. The van der Waals surface area contributed by atoms with Crippen LogP contribution in [0.5, 0.6) is 0 Å². The number of hydrogen-bond donors (Lipinski definition) is 0. The van der Waals surface area contributed by atoms with Gasteiger partial charge in [-0.2, -0.15) is 0 Å². The minimum atomic E-state index is 0.885. The molecule has 0 bridgehead atoms. The highest BCUT2D eigenvalue weighted by molar-refractivity contribution is 7.13. The molecule has 0 amide bonds. The van der Waals surface area contributed by atoms with Crippen LogP contribution in [0.25, 0.3) is 21.3 Å². The fourth-order valence-corrected chi connectivity index (χ4v) is 2.22. The Morgan fingerprint density at radius 1 is 1.13 bits per heavy atom. The van der Waals surface area contributed by atoms with Gasteiger partial charge in [0.2, 0.25) is 0 Å². The highest BCUT2D eigenvalue weighted by atomic mass is 32.1. The molecule has 4 heteroatoms. The molecule has 3 aromatic rings. The summed E-state index contributed by atoms with van der Waals surface area (Å²) >= 11 is 1.72. The molecule has 0 N–H and O–H groups in total. The van der Waals surface area contributed by atoms with Gasteiger partial charge in [-0.3, -0.25) is 0 Å². The molecule has 0 saturated carbocycles. The lowest BCUT2D eigenvalue weighted by Gasteiger charge is -1.98. The van der Waals surface area contributed by atoms with Crippen LogP contribution in [-0.2, 0) is 0 Å². The topological polar surface area (TPSA) is 38.7 Å². The standard InChI is InChI=1S/C11H7N3S/c1-2-11(15-5-1)8-3-4-9-7-12-14-13-10(9)6-8/h1-7H. The van der Waals surface area contributed by atoms with Crippen molar-refractivity contribution in [2.45, 2.75) is 0 Å². The summed E-state index contributed by atoms with van der Waals surface area (Å²) in [4.78, 5) is 1.25. The van der Waals surface area contributed by atoms with E-state index in [4.69, 9.17) is 0 Å². The molecule has 0 aliphatic rings. The fourth-order valence-electron chi connectivity index (χ4n) is 1.50. The third-order valence-corrected chi connectivity index (χ3v) is 3.16. The van der Waals surface area contributed by atoms with Crippen LogP contribution < -0.4 is 0 Å². The van der Waals surface area contributed by atoms with Crippen LogP contribution in [-0.4, -0.2) is 15.4 Å². The van der Waals surface area contributed by atoms with Crippen molar-refractivity contribution in [3.63, 3.8) is 0 Å². The highest BCUT2D eigenvalue weighted by Gasteiger charge is 2.01. The summed E-state index contributed by atoms with van der Waals surface area (Å²) < 4.78 is 0. The molecule has 0 saturated heterocycles. The number of fused-ring (bicyclic) bond motifs is 1. The van der Waals surface area contributed by atoms with Gasteiger partial charge >= 0.3 is 0 Å². The minimum absolute atomic E-state index is 0.885. The summed E-state index contributed by atoms with van der Waals surface area (Å²) in [5.74, 6) is 0. The van der Waals surface area contributed by atoms with Crippen molar-refractivity contribution in [1.82, 2.24) is 15.4 Å². The first kappa shape index (κ1) is 8.49. The second-order valence-electron chi connectivity index (χ2n) is 3.18. The van der Waals surface area contributed by atoms with Crippen LogP contribution in [0.1, 0.15) is 0 Å². The van der Waals surface area contributed by atoms with Crippen molar-refractivity contribution < 1.29 is 0 Å². The Bertz CT molecular complexity index is 590. The van der Waals surface area contributed by atoms with Gasteiger partial charge in [-0.15, -0.1) is 21.5 Å². The Hall–Kier alpha value is -1.81. The molecule has 0 aliphatic heterocycles. The molecular formula is C11H7N3S. The maximum Gasteiger partial charge on any atom is 0.0969 e. The Morgan fingerprint density at radius 3 is 3.00 bits per heavy atom. The Balaban J connectivity index is 2.22. The smallest absolute Gasteiger partial charge is 0.0969 e. The van der Waals surface area contributed by atoms with E-state index in [0.29, 0.717) is 0 Å². The van der Waals surface area contributed by atoms with Crippen molar-refractivity contribution in [1.29, 1.82) is 0 Å². The third-order valence-electron chi connectivity index (χ3n) is 2.24. The van der Waals surface area contributed by atoms with E-state index in [2.05, 4.69) is 32.9 Å². The molecule has 0 spiro atoms. The van der Waals surface area contributed by atoms with E-state index in [1.807, 2.05) is 18.2 Å². The molecule has 1 aromatic carbocycles. The summed E-state index contributed by atoms with van der Waals surface area (Å²) in [5, 5.41) is 14.5. The molecule has 0 unspecified atom stereocenters. The average Bonchev–Trinajstić information content (AvgIpc) is 2.82. The quantitative estimate of drug-likeness (QED) is 0.624. The van der Waals surface area contributed by atoms with Crippen molar-refractivity contribution >= 4 is 22.2 Å². The van der Waals surface area contributed by atoms with Gasteiger partial charge in [-0.05, 0) is 28.3 Å². The van der Waals surface area contributed by atoms with Gasteiger partial charge in [-0.25, -0.2) is 0 Å². The second-order valence-corrected chi connectivity index (χ2v) is 4.13. The predicted molar refractivity (Wildman–Crippen MR) is 60.6 cm³/mol. The summed E-state index contributed by atoms with van der Waals surface area (Å²) in [7, 11) is 0. The van der Waals surface area contributed by atoms with E-state index in [-0.39, 0.29) is 0 Å². The fraction of sp³-hybridized carbons (Fsp3) is 0. The van der Waals surface area contributed by atoms with Crippen molar-refractivity contribution in [3.8, 4) is 10.4 Å². The first-order chi connectivity index (χ1) is 7.43. The Kier molecular flexibility index (Phi) is 1.93. The molecule has 3 nitrogen and oxygen atoms in total. The summed E-state index contributed by atoms with van der Waals surface area (Å²) in [6.07, 6.45) is 1.72. The molecule has 3 rings (SSSR count). The lowest BCUT2D eigenvalue weighted by Crippen LogP contribution is -1.86. The molecule has 0 radical (unpaired) electrons. The SMILES string of the molecule is c1csc(-c2ccc3cnnnc3c2)c1. The van der Waals surface area contributed by atoms with Crippen molar-refractivity contribution in [3.05, 3.63) is 41.9 Å². The average molecular weight is 213 g/mol.